The van der Waals surface area contributed by atoms with Gasteiger partial charge in [-0.25, -0.2) is 9.78 Å². The van der Waals surface area contributed by atoms with Crippen molar-refractivity contribution in [3.05, 3.63) is 15.6 Å². The molecule has 0 bridgehead atoms. The predicted molar refractivity (Wildman–Crippen MR) is 65.3 cm³/mol. The van der Waals surface area contributed by atoms with Crippen molar-refractivity contribution in [2.24, 2.45) is 0 Å². The summed E-state index contributed by atoms with van der Waals surface area (Å²) in [7, 11) is 0. The molecule has 0 saturated heterocycles. The van der Waals surface area contributed by atoms with Crippen molar-refractivity contribution < 1.29 is 9.90 Å². The molecule has 1 heterocycles. The van der Waals surface area contributed by atoms with Crippen molar-refractivity contribution >= 4 is 17.3 Å². The van der Waals surface area contributed by atoms with Crippen LogP contribution in [-0.2, 0) is 12.8 Å². The minimum Gasteiger partial charge on any atom is -0.477 e. The normalized spacial score (nSPS) is 11.0. The van der Waals surface area contributed by atoms with Crippen LogP contribution >= 0.6 is 11.3 Å². The zero-order chi connectivity index (χ0) is 12.1. The molecule has 0 amide bonds. The molecule has 0 radical (unpaired) electrons. The molecular weight excluding hydrogens is 224 g/mol. The average Bonchev–Trinajstić information content (AvgIpc) is 2.60. The maximum absolute atomic E-state index is 10.9. The largest absolute Gasteiger partial charge is 0.477 e. The zero-order valence-corrected chi connectivity index (χ0v) is 10.7. The molecule has 0 aliphatic heterocycles. The monoisotopic (exact) mass is 242 g/mol. The van der Waals surface area contributed by atoms with Gasteiger partial charge in [0.05, 0.1) is 10.7 Å². The van der Waals surface area contributed by atoms with Crippen LogP contribution in [0.3, 0.4) is 0 Å². The first kappa shape index (κ1) is 13.1. The third-order valence-corrected chi connectivity index (χ3v) is 3.31. The second-order valence-corrected chi connectivity index (χ2v) is 4.98. The fourth-order valence-electron chi connectivity index (χ4n) is 1.38. The molecule has 0 atom stereocenters. The van der Waals surface area contributed by atoms with E-state index in [-0.39, 0.29) is 0 Å². The van der Waals surface area contributed by atoms with Crippen molar-refractivity contribution in [3.8, 4) is 0 Å². The molecule has 90 valence electrons. The van der Waals surface area contributed by atoms with E-state index in [4.69, 9.17) is 5.11 Å². The van der Waals surface area contributed by atoms with Gasteiger partial charge in [0.2, 0.25) is 0 Å². The Balaban J connectivity index is 2.64. The van der Waals surface area contributed by atoms with Crippen LogP contribution in [0.4, 0.5) is 0 Å². The highest BCUT2D eigenvalue weighted by molar-refractivity contribution is 7.13. The van der Waals surface area contributed by atoms with Crippen LogP contribution in [0.1, 0.15) is 41.1 Å². The van der Waals surface area contributed by atoms with E-state index >= 15 is 0 Å². The lowest BCUT2D eigenvalue weighted by Crippen LogP contribution is -2.24. The number of nitrogens with one attached hydrogen (secondary N) is 1. The smallest absolute Gasteiger partial charge is 0.347 e. The van der Waals surface area contributed by atoms with Gasteiger partial charge in [-0.3, -0.25) is 0 Å². The number of carboxylic acid groups (broad SMARTS) is 1. The first-order chi connectivity index (χ1) is 7.54. The number of rotatable bonds is 6. The Kier molecular flexibility index (Phi) is 4.89. The van der Waals surface area contributed by atoms with Gasteiger partial charge in [0, 0.05) is 19.0 Å². The molecule has 0 saturated carbocycles. The molecule has 0 spiro atoms. The Hall–Kier alpha value is -0.940. The first-order valence-electron chi connectivity index (χ1n) is 5.49. The molecule has 1 rings (SSSR count). The van der Waals surface area contributed by atoms with Crippen LogP contribution < -0.4 is 5.32 Å². The van der Waals surface area contributed by atoms with Crippen molar-refractivity contribution in [1.29, 1.82) is 0 Å². The topological polar surface area (TPSA) is 62.2 Å². The molecule has 4 nitrogen and oxygen atoms in total. The summed E-state index contributed by atoms with van der Waals surface area (Å²) >= 11 is 1.29. The number of hydrogen-bond acceptors (Lipinski definition) is 4. The number of hydrogen-bond donors (Lipinski definition) is 2. The Labute approximate surface area is 99.7 Å². The van der Waals surface area contributed by atoms with E-state index in [0.29, 0.717) is 23.0 Å². The van der Waals surface area contributed by atoms with Crippen LogP contribution in [0.15, 0.2) is 0 Å². The summed E-state index contributed by atoms with van der Waals surface area (Å²) < 4.78 is 0. The average molecular weight is 242 g/mol. The standard InChI is InChI=1S/C11H18N2O2S/c1-4-8-10(11(14)15)16-9(13-8)5-6-12-7(2)3/h7,12H,4-6H2,1-3H3,(H,14,15). The van der Waals surface area contributed by atoms with Gasteiger partial charge in [-0.2, -0.15) is 0 Å². The van der Waals surface area contributed by atoms with E-state index < -0.39 is 5.97 Å². The summed E-state index contributed by atoms with van der Waals surface area (Å²) in [5, 5.41) is 13.2. The van der Waals surface area contributed by atoms with Crippen LogP contribution in [0.25, 0.3) is 0 Å². The molecule has 0 aliphatic rings. The lowest BCUT2D eigenvalue weighted by Gasteiger charge is -2.05. The number of carboxylic acids is 1. The van der Waals surface area contributed by atoms with E-state index in [1.807, 2.05) is 6.92 Å². The number of nitrogens with zero attached hydrogens (tertiary/aromatic N) is 1. The number of carbonyl (C=O) groups is 1. The Morgan fingerprint density at radius 2 is 2.25 bits per heavy atom. The Bertz CT molecular complexity index is 361. The van der Waals surface area contributed by atoms with Crippen molar-refractivity contribution in [3.63, 3.8) is 0 Å². The molecule has 0 unspecified atom stereocenters. The molecule has 0 fully saturated rings. The van der Waals surface area contributed by atoms with Gasteiger partial charge >= 0.3 is 5.97 Å². The van der Waals surface area contributed by atoms with E-state index in [2.05, 4.69) is 24.1 Å². The third-order valence-electron chi connectivity index (χ3n) is 2.16. The number of aromatic carboxylic acids is 1. The van der Waals surface area contributed by atoms with Gasteiger partial charge in [0.1, 0.15) is 4.88 Å². The fourth-order valence-corrected chi connectivity index (χ4v) is 2.37. The van der Waals surface area contributed by atoms with E-state index in [9.17, 15) is 4.79 Å². The molecule has 16 heavy (non-hydrogen) atoms. The highest BCUT2D eigenvalue weighted by Gasteiger charge is 2.15. The lowest BCUT2D eigenvalue weighted by atomic mass is 10.3. The highest BCUT2D eigenvalue weighted by Crippen LogP contribution is 2.19. The molecule has 1 aromatic heterocycles. The Morgan fingerprint density at radius 1 is 1.56 bits per heavy atom. The third kappa shape index (κ3) is 3.57. The summed E-state index contributed by atoms with van der Waals surface area (Å²) in [6.45, 7) is 6.94. The summed E-state index contributed by atoms with van der Waals surface area (Å²) in [4.78, 5) is 15.7. The van der Waals surface area contributed by atoms with Gasteiger partial charge in [0.25, 0.3) is 0 Å². The molecule has 0 aromatic carbocycles. The van der Waals surface area contributed by atoms with Gasteiger partial charge in [-0.1, -0.05) is 20.8 Å². The first-order valence-corrected chi connectivity index (χ1v) is 6.31. The maximum Gasteiger partial charge on any atom is 0.347 e. The number of aryl methyl sites for hydroxylation is 1. The second kappa shape index (κ2) is 5.96. The van der Waals surface area contributed by atoms with Gasteiger partial charge in [0.15, 0.2) is 0 Å². The predicted octanol–water partition coefficient (Wildman–Crippen LogP) is 1.94. The minimum absolute atomic E-state index is 0.391. The summed E-state index contributed by atoms with van der Waals surface area (Å²) in [6.07, 6.45) is 1.47. The van der Waals surface area contributed by atoms with Crippen LogP contribution in [0.5, 0.6) is 0 Å². The highest BCUT2D eigenvalue weighted by atomic mass is 32.1. The van der Waals surface area contributed by atoms with Gasteiger partial charge in [-0.05, 0) is 6.42 Å². The SMILES string of the molecule is CCc1nc(CCNC(C)C)sc1C(=O)O. The van der Waals surface area contributed by atoms with E-state index in [0.717, 1.165) is 18.0 Å². The molecule has 2 N–H and O–H groups in total. The minimum atomic E-state index is -0.864. The van der Waals surface area contributed by atoms with Gasteiger partial charge in [-0.15, -0.1) is 11.3 Å². The zero-order valence-electron chi connectivity index (χ0n) is 9.91. The number of thiazole rings is 1. The van der Waals surface area contributed by atoms with E-state index in [1.54, 1.807) is 0 Å². The Morgan fingerprint density at radius 3 is 2.69 bits per heavy atom. The van der Waals surface area contributed by atoms with Crippen molar-refractivity contribution in [2.45, 2.75) is 39.7 Å². The lowest BCUT2D eigenvalue weighted by molar-refractivity contribution is 0.0701. The van der Waals surface area contributed by atoms with Crippen LogP contribution in [0.2, 0.25) is 0 Å². The number of aromatic nitrogens is 1. The second-order valence-electron chi connectivity index (χ2n) is 3.90. The van der Waals surface area contributed by atoms with Crippen LogP contribution in [-0.4, -0.2) is 28.6 Å². The van der Waals surface area contributed by atoms with Crippen molar-refractivity contribution in [1.82, 2.24) is 10.3 Å². The molecular formula is C11H18N2O2S. The summed E-state index contributed by atoms with van der Waals surface area (Å²) in [5.41, 5.74) is 0.706. The quantitative estimate of drug-likeness (QED) is 0.800. The van der Waals surface area contributed by atoms with Crippen LogP contribution in [0, 0.1) is 0 Å². The fraction of sp³-hybridized carbons (Fsp3) is 0.636. The summed E-state index contributed by atoms with van der Waals surface area (Å²) in [5.74, 6) is -0.864. The molecule has 0 aliphatic carbocycles. The molecule has 5 heteroatoms. The maximum atomic E-state index is 10.9. The molecule has 1 aromatic rings. The van der Waals surface area contributed by atoms with E-state index in [1.165, 1.54) is 11.3 Å². The van der Waals surface area contributed by atoms with Gasteiger partial charge < -0.3 is 10.4 Å². The summed E-state index contributed by atoms with van der Waals surface area (Å²) in [6, 6.07) is 0.449. The van der Waals surface area contributed by atoms with Crippen molar-refractivity contribution in [2.75, 3.05) is 6.54 Å².